The Morgan fingerprint density at radius 2 is 1.92 bits per heavy atom. The van der Waals surface area contributed by atoms with Crippen molar-refractivity contribution in [3.63, 3.8) is 0 Å². The molecule has 1 saturated carbocycles. The van der Waals surface area contributed by atoms with E-state index in [9.17, 15) is 17.6 Å². The average Bonchev–Trinajstić information content (AvgIpc) is 3.33. The highest BCUT2D eigenvalue weighted by atomic mass is 35.5. The van der Waals surface area contributed by atoms with Crippen LogP contribution in [0.15, 0.2) is 41.3 Å². The molecule has 0 bridgehead atoms. The largest absolute Gasteiger partial charge is 0.319 e. The molecule has 0 spiro atoms. The fourth-order valence-corrected chi connectivity index (χ4v) is 3.77. The van der Waals surface area contributed by atoms with Crippen LogP contribution in [-0.2, 0) is 10.0 Å². The van der Waals surface area contributed by atoms with E-state index in [0.29, 0.717) is 5.56 Å². The summed E-state index contributed by atoms with van der Waals surface area (Å²) in [6, 6.07) is 8.14. The van der Waals surface area contributed by atoms with Crippen molar-refractivity contribution in [2.45, 2.75) is 30.7 Å². The lowest BCUT2D eigenvalue weighted by Crippen LogP contribution is -2.26. The molecule has 8 heteroatoms. The lowest BCUT2D eigenvalue weighted by atomic mass is 10.1. The van der Waals surface area contributed by atoms with Crippen LogP contribution in [0.25, 0.3) is 0 Å². The summed E-state index contributed by atoms with van der Waals surface area (Å²) < 4.78 is 41.0. The van der Waals surface area contributed by atoms with Gasteiger partial charge in [-0.1, -0.05) is 17.7 Å². The number of aryl methyl sites for hydroxylation is 1. The van der Waals surface area contributed by atoms with Crippen LogP contribution in [0.5, 0.6) is 0 Å². The number of benzene rings is 2. The van der Waals surface area contributed by atoms with Crippen molar-refractivity contribution in [1.82, 2.24) is 4.72 Å². The molecule has 0 atom stereocenters. The topological polar surface area (TPSA) is 75.3 Å². The Labute approximate surface area is 150 Å². The molecule has 25 heavy (non-hydrogen) atoms. The molecule has 1 fully saturated rings. The van der Waals surface area contributed by atoms with Gasteiger partial charge >= 0.3 is 0 Å². The molecular formula is C17H16ClFN2O3S. The van der Waals surface area contributed by atoms with Crippen molar-refractivity contribution in [2.75, 3.05) is 5.32 Å². The Morgan fingerprint density at radius 1 is 1.20 bits per heavy atom. The van der Waals surface area contributed by atoms with Gasteiger partial charge in [-0.3, -0.25) is 4.79 Å². The van der Waals surface area contributed by atoms with Gasteiger partial charge in [0.1, 0.15) is 5.82 Å². The molecule has 0 unspecified atom stereocenters. The third-order valence-corrected chi connectivity index (χ3v) is 5.60. The normalized spacial score (nSPS) is 14.4. The molecule has 0 heterocycles. The standard InChI is InChI=1S/C17H16ClFN2O3S/c1-10-2-6-13(25(23,24)21-12-4-5-12)9-14(10)17(22)20-16-7-3-11(18)8-15(16)19/h2-3,6-9,12,21H,4-5H2,1H3,(H,20,22). The lowest BCUT2D eigenvalue weighted by molar-refractivity contribution is 0.102. The van der Waals surface area contributed by atoms with E-state index in [4.69, 9.17) is 11.6 Å². The number of rotatable bonds is 5. The summed E-state index contributed by atoms with van der Waals surface area (Å²) in [4.78, 5) is 12.5. The van der Waals surface area contributed by atoms with Gasteiger partial charge in [0.2, 0.25) is 10.0 Å². The Bertz CT molecular complexity index is 943. The second-order valence-corrected chi connectivity index (χ2v) is 8.10. The van der Waals surface area contributed by atoms with Gasteiger partial charge in [0, 0.05) is 16.6 Å². The second kappa shape index (κ2) is 6.74. The van der Waals surface area contributed by atoms with Crippen LogP contribution in [0.3, 0.4) is 0 Å². The maximum Gasteiger partial charge on any atom is 0.256 e. The summed E-state index contributed by atoms with van der Waals surface area (Å²) in [5, 5.41) is 2.65. The first-order valence-electron chi connectivity index (χ1n) is 7.65. The van der Waals surface area contributed by atoms with E-state index >= 15 is 0 Å². The van der Waals surface area contributed by atoms with Crippen LogP contribution in [0, 0.1) is 12.7 Å². The molecule has 1 aliphatic rings. The highest BCUT2D eigenvalue weighted by Crippen LogP contribution is 2.24. The van der Waals surface area contributed by atoms with Gasteiger partial charge in [0.05, 0.1) is 10.6 Å². The first-order chi connectivity index (χ1) is 11.8. The van der Waals surface area contributed by atoms with Gasteiger partial charge in [0.25, 0.3) is 5.91 Å². The van der Waals surface area contributed by atoms with E-state index in [1.165, 1.54) is 24.3 Å². The molecule has 1 aliphatic carbocycles. The van der Waals surface area contributed by atoms with Gasteiger partial charge in [0.15, 0.2) is 0 Å². The first kappa shape index (κ1) is 17.8. The SMILES string of the molecule is Cc1ccc(S(=O)(=O)NC2CC2)cc1C(=O)Nc1ccc(Cl)cc1F. The fourth-order valence-electron chi connectivity index (χ4n) is 2.28. The Balaban J connectivity index is 1.88. The maximum absolute atomic E-state index is 13.8. The van der Waals surface area contributed by atoms with E-state index in [0.717, 1.165) is 18.9 Å². The molecule has 5 nitrogen and oxygen atoms in total. The summed E-state index contributed by atoms with van der Waals surface area (Å²) in [5.74, 6) is -1.26. The zero-order valence-electron chi connectivity index (χ0n) is 13.3. The third kappa shape index (κ3) is 4.18. The highest BCUT2D eigenvalue weighted by molar-refractivity contribution is 7.89. The van der Waals surface area contributed by atoms with Crippen LogP contribution in [0.2, 0.25) is 5.02 Å². The number of amides is 1. The second-order valence-electron chi connectivity index (χ2n) is 5.95. The molecule has 0 radical (unpaired) electrons. The summed E-state index contributed by atoms with van der Waals surface area (Å²) in [7, 11) is -3.68. The van der Waals surface area contributed by atoms with E-state index < -0.39 is 21.7 Å². The molecule has 0 saturated heterocycles. The van der Waals surface area contributed by atoms with Crippen molar-refractivity contribution in [1.29, 1.82) is 0 Å². The highest BCUT2D eigenvalue weighted by Gasteiger charge is 2.28. The monoisotopic (exact) mass is 382 g/mol. The van der Waals surface area contributed by atoms with Crippen LogP contribution >= 0.6 is 11.6 Å². The Kier molecular flexibility index (Phi) is 4.81. The van der Waals surface area contributed by atoms with Crippen molar-refractivity contribution in [3.05, 3.63) is 58.4 Å². The van der Waals surface area contributed by atoms with Gasteiger partial charge in [-0.05, 0) is 55.7 Å². The summed E-state index contributed by atoms with van der Waals surface area (Å²) in [5.41, 5.74) is 0.712. The fraction of sp³-hybridized carbons (Fsp3) is 0.235. The number of nitrogens with one attached hydrogen (secondary N) is 2. The third-order valence-electron chi connectivity index (χ3n) is 3.84. The van der Waals surface area contributed by atoms with E-state index in [-0.39, 0.29) is 27.2 Å². The molecule has 0 aromatic heterocycles. The zero-order valence-corrected chi connectivity index (χ0v) is 14.9. The Morgan fingerprint density at radius 3 is 2.56 bits per heavy atom. The molecule has 0 aliphatic heterocycles. The number of hydrogen-bond donors (Lipinski definition) is 2. The number of sulfonamides is 1. The lowest BCUT2D eigenvalue weighted by Gasteiger charge is -2.11. The quantitative estimate of drug-likeness (QED) is 0.831. The zero-order chi connectivity index (χ0) is 18.2. The molecule has 2 N–H and O–H groups in total. The van der Waals surface area contributed by atoms with Crippen molar-refractivity contribution < 1.29 is 17.6 Å². The van der Waals surface area contributed by atoms with Crippen LogP contribution < -0.4 is 10.0 Å². The maximum atomic E-state index is 13.8. The van der Waals surface area contributed by atoms with Crippen LogP contribution in [-0.4, -0.2) is 20.4 Å². The summed E-state index contributed by atoms with van der Waals surface area (Å²) in [6.45, 7) is 1.68. The molecule has 3 rings (SSSR count). The number of carbonyl (C=O) groups is 1. The van der Waals surface area contributed by atoms with Crippen molar-refractivity contribution in [2.24, 2.45) is 0 Å². The van der Waals surface area contributed by atoms with E-state index in [2.05, 4.69) is 10.0 Å². The predicted octanol–water partition coefficient (Wildman–Crippen LogP) is 3.48. The van der Waals surface area contributed by atoms with Crippen molar-refractivity contribution in [3.8, 4) is 0 Å². The molecule has 2 aromatic rings. The number of anilines is 1. The molecular weight excluding hydrogens is 367 g/mol. The summed E-state index contributed by atoms with van der Waals surface area (Å²) in [6.07, 6.45) is 1.63. The summed E-state index contributed by atoms with van der Waals surface area (Å²) >= 11 is 5.69. The minimum Gasteiger partial charge on any atom is -0.319 e. The van der Waals surface area contributed by atoms with Crippen molar-refractivity contribution >= 4 is 33.2 Å². The Hall–Kier alpha value is -1.96. The van der Waals surface area contributed by atoms with Gasteiger partial charge in [-0.15, -0.1) is 0 Å². The number of carbonyl (C=O) groups excluding carboxylic acids is 1. The van der Waals surface area contributed by atoms with Gasteiger partial charge in [-0.2, -0.15) is 0 Å². The van der Waals surface area contributed by atoms with Crippen LogP contribution in [0.4, 0.5) is 10.1 Å². The molecule has 1 amide bonds. The first-order valence-corrected chi connectivity index (χ1v) is 9.52. The minimum atomic E-state index is -3.68. The van der Waals surface area contributed by atoms with Gasteiger partial charge in [-0.25, -0.2) is 17.5 Å². The van der Waals surface area contributed by atoms with Gasteiger partial charge < -0.3 is 5.32 Å². The van der Waals surface area contributed by atoms with Crippen LogP contribution in [0.1, 0.15) is 28.8 Å². The minimum absolute atomic E-state index is 0.00623. The molecule has 132 valence electrons. The molecule has 2 aromatic carbocycles. The van der Waals surface area contributed by atoms with E-state index in [1.807, 2.05) is 0 Å². The number of halogens is 2. The predicted molar refractivity (Wildman–Crippen MR) is 93.9 cm³/mol. The number of hydrogen-bond acceptors (Lipinski definition) is 3. The smallest absolute Gasteiger partial charge is 0.256 e. The average molecular weight is 383 g/mol. The van der Waals surface area contributed by atoms with E-state index in [1.54, 1.807) is 13.0 Å².